The average Bonchev–Trinajstić information content (AvgIpc) is 0.863. The van der Waals surface area contributed by atoms with Crippen molar-refractivity contribution >= 4 is 0 Å². The van der Waals surface area contributed by atoms with Gasteiger partial charge in [-0.1, -0.05) is 48.5 Å². The van der Waals surface area contributed by atoms with Crippen LogP contribution < -0.4 is 0 Å². The van der Waals surface area contributed by atoms with E-state index in [2.05, 4.69) is 27.7 Å². The van der Waals surface area contributed by atoms with Gasteiger partial charge in [0.25, 0.3) is 0 Å². The van der Waals surface area contributed by atoms with Gasteiger partial charge in [-0.05, 0) is 17.8 Å². The van der Waals surface area contributed by atoms with Gasteiger partial charge in [0.1, 0.15) is 42.7 Å². The summed E-state index contributed by atoms with van der Waals surface area (Å²) in [7, 11) is 40.7. The number of methoxy groups -OCH3 is 25. The summed E-state index contributed by atoms with van der Waals surface area (Å²) < 4.78 is 172. The van der Waals surface area contributed by atoms with Crippen LogP contribution in [0.5, 0.6) is 0 Å². The summed E-state index contributed by atoms with van der Waals surface area (Å²) in [5, 5.41) is 28.3. The summed E-state index contributed by atoms with van der Waals surface area (Å²) in [6, 6.07) is 0. The highest BCUT2D eigenvalue weighted by Crippen LogP contribution is 2.38. The summed E-state index contributed by atoms with van der Waals surface area (Å²) in [5.41, 5.74) is 0. The van der Waals surface area contributed by atoms with E-state index in [9.17, 15) is 15.3 Å². The van der Waals surface area contributed by atoms with Crippen LogP contribution in [-0.4, -0.2) is 413 Å². The molecule has 7 rings (SSSR count). The minimum atomic E-state index is -0.446. The standard InChI is InChI=1S/7C11H22O5/c4*1-7-8(6-12-2)16-11(15-5)10(14-4)9(7)13-3;3*1-7-8(5-12)10(14-3)11(15-4)16-9(7)6-13-2/h4*7-11H,6H2,1-5H3;3*7-12H,5-6H2,1-4H3/t7*7-,8?,9?,10?,11?/m1111000/s1. The van der Waals surface area contributed by atoms with Gasteiger partial charge in [-0.15, -0.1) is 0 Å². The Morgan fingerprint density at radius 3 is 0.402 bits per heavy atom. The third-order valence-corrected chi connectivity index (χ3v) is 22.4. The van der Waals surface area contributed by atoms with E-state index in [0.717, 1.165) is 0 Å². The van der Waals surface area contributed by atoms with Crippen molar-refractivity contribution in [1.29, 1.82) is 0 Å². The molecule has 0 radical (unpaired) electrons. The van der Waals surface area contributed by atoms with Crippen LogP contribution in [0.2, 0.25) is 0 Å². The van der Waals surface area contributed by atoms with Crippen LogP contribution in [0.15, 0.2) is 0 Å². The smallest absolute Gasteiger partial charge is 0.186 e. The molecule has 35 atom stereocenters. The van der Waals surface area contributed by atoms with Crippen molar-refractivity contribution in [1.82, 2.24) is 0 Å². The maximum absolute atomic E-state index is 9.43. The maximum Gasteiger partial charge on any atom is 0.186 e. The molecule has 0 aromatic carbocycles. The second kappa shape index (κ2) is 61.0. The van der Waals surface area contributed by atoms with Crippen molar-refractivity contribution in [2.24, 2.45) is 59.2 Å². The molecule has 7 heterocycles. The monoisotopic (exact) mass is 1640 g/mol. The SMILES string of the molecule is COCC1OC(OC)C(OC)C(CO)[C@@H]1C.COCC1OC(OC)C(OC)C(CO)[C@@H]1C.COCC1OC(OC)C(OC)C(CO)[C@@H]1C.COCC1OC(OC)C(OC)C(OC)[C@@H]1C.COCC1OC(OC)C(OC)C(OC)[C@@H]1C.COCC1OC(OC)C(OC)C(OC)[C@@H]1C.COCC1OC(OC)C(OC)C(OC)[C@@H]1C. The van der Waals surface area contributed by atoms with E-state index >= 15 is 0 Å². The molecule has 0 saturated carbocycles. The van der Waals surface area contributed by atoms with Gasteiger partial charge in [-0.3, -0.25) is 0 Å². The van der Waals surface area contributed by atoms with Gasteiger partial charge in [-0.2, -0.15) is 0 Å². The van der Waals surface area contributed by atoms with Crippen LogP contribution >= 0.6 is 0 Å². The van der Waals surface area contributed by atoms with Crippen LogP contribution in [0.3, 0.4) is 0 Å². The number of aliphatic hydroxyl groups is 3. The lowest BCUT2D eigenvalue weighted by atomic mass is 9.82. The molecule has 35 heteroatoms. The summed E-state index contributed by atoms with van der Waals surface area (Å²) >= 11 is 0. The van der Waals surface area contributed by atoms with E-state index in [1.165, 1.54) is 0 Å². The van der Waals surface area contributed by atoms with E-state index in [0.29, 0.717) is 46.2 Å². The Hall–Kier alpha value is -1.40. The highest BCUT2D eigenvalue weighted by Gasteiger charge is 2.51. The highest BCUT2D eigenvalue weighted by atomic mass is 16.8. The minimum Gasteiger partial charge on any atom is -0.396 e. The quantitative estimate of drug-likeness (QED) is 0.0817. The summed E-state index contributed by atoms with van der Waals surface area (Å²) in [6.45, 7) is 18.1. The van der Waals surface area contributed by atoms with Crippen molar-refractivity contribution in [3.63, 3.8) is 0 Å². The molecule has 0 aliphatic carbocycles. The lowest BCUT2D eigenvalue weighted by Gasteiger charge is -2.43. The topological polar surface area (TPSA) is 356 Å². The van der Waals surface area contributed by atoms with Gasteiger partial charge in [0.2, 0.25) is 0 Å². The molecule has 7 fully saturated rings. The minimum absolute atomic E-state index is 0.00356. The molecule has 112 heavy (non-hydrogen) atoms. The van der Waals surface area contributed by atoms with Crippen molar-refractivity contribution in [3.8, 4) is 0 Å². The molecule has 28 unspecified atom stereocenters. The van der Waals surface area contributed by atoms with Crippen molar-refractivity contribution in [2.45, 2.75) is 202 Å². The first-order valence-corrected chi connectivity index (χ1v) is 38.2. The maximum atomic E-state index is 9.43. The molecular weight excluding hydrogens is 1480 g/mol. The average molecular weight is 1640 g/mol. The van der Waals surface area contributed by atoms with Gasteiger partial charge < -0.3 is 167 Å². The fourth-order valence-corrected chi connectivity index (χ4v) is 15.5. The van der Waals surface area contributed by atoms with Gasteiger partial charge in [0.15, 0.2) is 44.0 Å². The number of rotatable bonds is 35. The summed E-state index contributed by atoms with van der Waals surface area (Å²) in [6.07, 6.45) is -5.10. The Morgan fingerprint density at radius 1 is 0.170 bits per heavy atom. The van der Waals surface area contributed by atoms with Crippen molar-refractivity contribution < 1.29 is 167 Å². The highest BCUT2D eigenvalue weighted by molar-refractivity contribution is 4.94. The molecule has 7 aliphatic heterocycles. The van der Waals surface area contributed by atoms with E-state index in [1.807, 2.05) is 20.8 Å². The first-order valence-electron chi connectivity index (χ1n) is 38.2. The Kier molecular flexibility index (Phi) is 59.1. The summed E-state index contributed by atoms with van der Waals surface area (Å²) in [4.78, 5) is 0. The number of aliphatic hydroxyl groups excluding tert-OH is 3. The third kappa shape index (κ3) is 30.9. The third-order valence-electron chi connectivity index (χ3n) is 22.4. The molecule has 7 aliphatic rings. The van der Waals surface area contributed by atoms with Crippen LogP contribution in [-0.2, 0) is 152 Å². The number of hydrogen-bond acceptors (Lipinski definition) is 35. The van der Waals surface area contributed by atoms with Gasteiger partial charge >= 0.3 is 0 Å². The van der Waals surface area contributed by atoms with Crippen LogP contribution in [0.1, 0.15) is 48.5 Å². The molecule has 3 N–H and O–H groups in total. The molecule has 0 bridgehead atoms. The predicted octanol–water partition coefficient (Wildman–Crippen LogP) is 3.47. The van der Waals surface area contributed by atoms with E-state index < -0.39 is 44.0 Å². The first kappa shape index (κ1) is 109. The zero-order valence-electron chi connectivity index (χ0n) is 73.7. The molecular formula is C77H154O35. The molecule has 0 aromatic rings. The van der Waals surface area contributed by atoms with Crippen LogP contribution in [0.4, 0.5) is 0 Å². The molecule has 0 aromatic heterocycles. The lowest BCUT2D eigenvalue weighted by molar-refractivity contribution is -0.290. The van der Waals surface area contributed by atoms with Gasteiger partial charge in [0.05, 0.1) is 113 Å². The van der Waals surface area contributed by atoms with Crippen molar-refractivity contribution in [3.05, 3.63) is 0 Å². The second-order valence-electron chi connectivity index (χ2n) is 28.4. The Bertz CT molecular complexity index is 1800. The predicted molar refractivity (Wildman–Crippen MR) is 407 cm³/mol. The Morgan fingerprint density at radius 2 is 0.295 bits per heavy atom. The summed E-state index contributed by atoms with van der Waals surface area (Å²) in [5.74, 6) is 1.30. The van der Waals surface area contributed by atoms with Crippen LogP contribution in [0.25, 0.3) is 0 Å². The van der Waals surface area contributed by atoms with E-state index in [-0.39, 0.29) is 189 Å². The van der Waals surface area contributed by atoms with Gasteiger partial charge in [0, 0.05) is 239 Å². The normalized spacial score (nSPS) is 39.9. The molecule has 0 amide bonds. The lowest BCUT2D eigenvalue weighted by Crippen LogP contribution is -2.56. The first-order chi connectivity index (χ1) is 53.8. The Balaban J connectivity index is 0.000000653. The molecule has 0 spiro atoms. The van der Waals surface area contributed by atoms with E-state index in [4.69, 9.17) is 152 Å². The fourth-order valence-electron chi connectivity index (χ4n) is 15.5. The molecule has 35 nitrogen and oxygen atoms in total. The number of ether oxygens (including phenoxy) is 32. The zero-order chi connectivity index (χ0) is 84.9. The van der Waals surface area contributed by atoms with E-state index in [1.54, 1.807) is 178 Å². The van der Waals surface area contributed by atoms with Crippen LogP contribution in [0, 0.1) is 59.2 Å². The molecule has 7 saturated heterocycles. The Labute approximate surface area is 669 Å². The van der Waals surface area contributed by atoms with Crippen molar-refractivity contribution in [2.75, 3.05) is 244 Å². The fraction of sp³-hybridized carbons (Fsp3) is 1.00. The number of hydrogen-bond donors (Lipinski definition) is 3. The zero-order valence-corrected chi connectivity index (χ0v) is 73.7. The van der Waals surface area contributed by atoms with Gasteiger partial charge in [-0.25, -0.2) is 0 Å². The largest absolute Gasteiger partial charge is 0.396 e. The molecule has 672 valence electrons. The second-order valence-corrected chi connectivity index (χ2v) is 28.4.